The van der Waals surface area contributed by atoms with Gasteiger partial charge in [0, 0.05) is 41.1 Å². The third kappa shape index (κ3) is 5.61. The second-order valence-electron chi connectivity index (χ2n) is 10.9. The number of H-pyrrole nitrogens is 2. The first-order chi connectivity index (χ1) is 20.7. The Kier molecular flexibility index (Phi) is 6.50. The van der Waals surface area contributed by atoms with Crippen molar-refractivity contribution in [1.29, 1.82) is 0 Å². The molecular formula is C31H26FN7O3S. The average molecular weight is 596 g/mol. The third-order valence-corrected chi connectivity index (χ3v) is 8.41. The highest BCUT2D eigenvalue weighted by Crippen LogP contribution is 2.34. The molecule has 10 nitrogen and oxygen atoms in total. The van der Waals surface area contributed by atoms with Gasteiger partial charge in [0.2, 0.25) is 5.91 Å². The molecule has 0 atom stereocenters. The minimum atomic E-state index is -3.20. The Morgan fingerprint density at radius 2 is 1.86 bits per heavy atom. The number of anilines is 1. The summed E-state index contributed by atoms with van der Waals surface area (Å²) in [4.78, 5) is 29.2. The zero-order chi connectivity index (χ0) is 29.7. The molecule has 12 heteroatoms. The predicted molar refractivity (Wildman–Crippen MR) is 162 cm³/mol. The highest BCUT2D eigenvalue weighted by Gasteiger charge is 2.29. The summed E-state index contributed by atoms with van der Waals surface area (Å²) in [7, 11) is -3.20. The number of hydrogen-bond donors (Lipinski definition) is 3. The maximum absolute atomic E-state index is 14.6. The van der Waals surface area contributed by atoms with Crippen LogP contribution in [-0.4, -0.2) is 56.5 Å². The summed E-state index contributed by atoms with van der Waals surface area (Å²) in [6.45, 7) is 0. The highest BCUT2D eigenvalue weighted by atomic mass is 32.2. The summed E-state index contributed by atoms with van der Waals surface area (Å²) < 4.78 is 37.9. The van der Waals surface area contributed by atoms with Crippen molar-refractivity contribution >= 4 is 43.4 Å². The number of fused-ring (bicyclic) bond motifs is 2. The first-order valence-electron chi connectivity index (χ1n) is 13.8. The molecule has 0 spiro atoms. The highest BCUT2D eigenvalue weighted by molar-refractivity contribution is 7.90. The van der Waals surface area contributed by atoms with Crippen LogP contribution in [0.1, 0.15) is 18.4 Å². The number of rotatable bonds is 8. The number of imidazole rings is 1. The molecule has 0 saturated heterocycles. The van der Waals surface area contributed by atoms with E-state index in [2.05, 4.69) is 30.5 Å². The third-order valence-electron chi connectivity index (χ3n) is 7.47. The normalized spacial score (nSPS) is 13.5. The van der Waals surface area contributed by atoms with Gasteiger partial charge in [-0.05, 0) is 72.9 Å². The van der Waals surface area contributed by atoms with Gasteiger partial charge in [0.15, 0.2) is 5.82 Å². The molecule has 0 radical (unpaired) electrons. The number of sulfone groups is 1. The number of aryl methyl sites for hydroxylation is 1. The van der Waals surface area contributed by atoms with E-state index in [1.807, 2.05) is 24.3 Å². The van der Waals surface area contributed by atoms with E-state index in [0.29, 0.717) is 45.1 Å². The fraction of sp³-hybridized carbons (Fsp3) is 0.194. The number of halogens is 1. The number of amides is 1. The van der Waals surface area contributed by atoms with Crippen molar-refractivity contribution < 1.29 is 17.6 Å². The second kappa shape index (κ2) is 10.4. The van der Waals surface area contributed by atoms with Crippen molar-refractivity contribution in [2.45, 2.75) is 19.3 Å². The maximum Gasteiger partial charge on any atom is 0.227 e. The van der Waals surface area contributed by atoms with E-state index in [9.17, 15) is 17.6 Å². The summed E-state index contributed by atoms with van der Waals surface area (Å²) in [5.74, 6) is 0.0606. The van der Waals surface area contributed by atoms with Gasteiger partial charge in [0.1, 0.15) is 26.9 Å². The lowest BCUT2D eigenvalue weighted by molar-refractivity contribution is -0.117. The number of nitrogens with zero attached hydrogens (tertiary/aromatic N) is 4. The Morgan fingerprint density at radius 1 is 1.00 bits per heavy atom. The van der Waals surface area contributed by atoms with E-state index < -0.39 is 15.7 Å². The zero-order valence-electron chi connectivity index (χ0n) is 23.1. The number of hydrogen-bond acceptors (Lipinski definition) is 7. The minimum Gasteiger partial charge on any atom is -0.336 e. The summed E-state index contributed by atoms with van der Waals surface area (Å²) in [5, 5.41) is 11.4. The number of pyridine rings is 2. The van der Waals surface area contributed by atoms with Crippen molar-refractivity contribution in [2.24, 2.45) is 5.92 Å². The van der Waals surface area contributed by atoms with Crippen LogP contribution in [0, 0.1) is 11.7 Å². The lowest BCUT2D eigenvalue weighted by Crippen LogP contribution is -2.13. The molecule has 1 amide bonds. The van der Waals surface area contributed by atoms with Crippen molar-refractivity contribution in [2.75, 3.05) is 17.3 Å². The number of carbonyl (C=O) groups is 1. The monoisotopic (exact) mass is 595 g/mol. The van der Waals surface area contributed by atoms with Crippen molar-refractivity contribution in [3.8, 4) is 33.9 Å². The molecule has 0 unspecified atom stereocenters. The van der Waals surface area contributed by atoms with Gasteiger partial charge >= 0.3 is 0 Å². The summed E-state index contributed by atoms with van der Waals surface area (Å²) in [6, 6.07) is 14.0. The Bertz CT molecular complexity index is 2150. The standard InChI is InChI=1S/C31H26FN7O3S/c1-43(41,42)9-7-17-10-20(12-22(32)11-17)27-29-26(6-8-34-27)36-30(37-29)28-24-14-19(4-5-25(24)38-39-28)21-13-23(16-33-15-21)35-31(40)18-2-3-18/h4-6,8,10-16,18H,2-3,7,9H2,1H3,(H,35,40)(H,36,37)(H,38,39). The van der Waals surface area contributed by atoms with E-state index in [1.54, 1.807) is 30.7 Å². The SMILES string of the molecule is CS(=O)(=O)CCc1cc(F)cc(-c2nccc3[nH]c(-c4n[nH]c5ccc(-c6cncc(NC(=O)C7CC7)c6)cc45)nc23)c1. The smallest absolute Gasteiger partial charge is 0.227 e. The van der Waals surface area contributed by atoms with Gasteiger partial charge < -0.3 is 10.3 Å². The zero-order valence-corrected chi connectivity index (χ0v) is 23.9. The topological polar surface area (TPSA) is 146 Å². The van der Waals surface area contributed by atoms with Crippen LogP contribution >= 0.6 is 0 Å². The number of carbonyl (C=O) groups excluding carboxylic acids is 1. The number of aromatic amines is 2. The Labute approximate surface area is 245 Å². The van der Waals surface area contributed by atoms with Crippen LogP contribution < -0.4 is 5.32 Å². The fourth-order valence-electron chi connectivity index (χ4n) is 5.12. The number of benzene rings is 2. The molecule has 3 N–H and O–H groups in total. The number of aromatic nitrogens is 6. The van der Waals surface area contributed by atoms with E-state index >= 15 is 0 Å². The fourth-order valence-corrected chi connectivity index (χ4v) is 5.73. The Morgan fingerprint density at radius 3 is 2.67 bits per heavy atom. The second-order valence-corrected chi connectivity index (χ2v) is 13.2. The lowest BCUT2D eigenvalue weighted by Gasteiger charge is -2.07. The van der Waals surface area contributed by atoms with Crippen LogP contribution in [0.5, 0.6) is 0 Å². The first-order valence-corrected chi connectivity index (χ1v) is 15.8. The van der Waals surface area contributed by atoms with E-state index in [0.717, 1.165) is 41.1 Å². The van der Waals surface area contributed by atoms with Crippen LogP contribution in [0.3, 0.4) is 0 Å². The quantitative estimate of drug-likeness (QED) is 0.216. The molecule has 4 heterocycles. The molecule has 43 heavy (non-hydrogen) atoms. The molecule has 1 saturated carbocycles. The average Bonchev–Trinajstić information content (AvgIpc) is 3.61. The van der Waals surface area contributed by atoms with Crippen LogP contribution in [0.25, 0.3) is 55.8 Å². The van der Waals surface area contributed by atoms with E-state index in [4.69, 9.17) is 4.98 Å². The molecule has 2 aromatic carbocycles. The molecule has 1 aliphatic carbocycles. The van der Waals surface area contributed by atoms with Gasteiger partial charge in [0.25, 0.3) is 0 Å². The first kappa shape index (κ1) is 26.9. The van der Waals surface area contributed by atoms with Gasteiger partial charge in [-0.1, -0.05) is 6.07 Å². The van der Waals surface area contributed by atoms with Gasteiger partial charge in [-0.2, -0.15) is 5.10 Å². The predicted octanol–water partition coefficient (Wildman–Crippen LogP) is 5.30. The molecule has 1 aliphatic rings. The van der Waals surface area contributed by atoms with Crippen molar-refractivity contribution in [3.05, 3.63) is 78.5 Å². The molecule has 216 valence electrons. The summed E-state index contributed by atoms with van der Waals surface area (Å²) >= 11 is 0. The molecule has 6 aromatic rings. The van der Waals surface area contributed by atoms with Gasteiger partial charge in [-0.15, -0.1) is 0 Å². The molecule has 0 bridgehead atoms. The van der Waals surface area contributed by atoms with Crippen LogP contribution in [0.2, 0.25) is 0 Å². The van der Waals surface area contributed by atoms with Gasteiger partial charge in [-0.3, -0.25) is 19.9 Å². The van der Waals surface area contributed by atoms with Crippen LogP contribution in [0.4, 0.5) is 10.1 Å². The van der Waals surface area contributed by atoms with E-state index in [-0.39, 0.29) is 24.0 Å². The minimum absolute atomic E-state index is 0.0219. The van der Waals surface area contributed by atoms with Gasteiger partial charge in [-0.25, -0.2) is 17.8 Å². The Balaban J connectivity index is 1.25. The van der Waals surface area contributed by atoms with Crippen molar-refractivity contribution in [1.82, 2.24) is 30.1 Å². The Hall–Kier alpha value is -4.97. The lowest BCUT2D eigenvalue weighted by atomic mass is 10.0. The maximum atomic E-state index is 14.6. The molecular weight excluding hydrogens is 569 g/mol. The van der Waals surface area contributed by atoms with Crippen LogP contribution in [0.15, 0.2) is 67.1 Å². The molecule has 0 aliphatic heterocycles. The van der Waals surface area contributed by atoms with Crippen molar-refractivity contribution in [3.63, 3.8) is 0 Å². The summed E-state index contributed by atoms with van der Waals surface area (Å²) in [6.07, 6.45) is 8.20. The van der Waals surface area contributed by atoms with E-state index in [1.165, 1.54) is 12.1 Å². The molecule has 1 fully saturated rings. The number of nitrogens with one attached hydrogen (secondary N) is 3. The van der Waals surface area contributed by atoms with Gasteiger partial charge in [0.05, 0.1) is 34.4 Å². The molecule has 4 aromatic heterocycles. The molecule has 7 rings (SSSR count). The largest absolute Gasteiger partial charge is 0.336 e. The van der Waals surface area contributed by atoms with Crippen LogP contribution in [-0.2, 0) is 21.1 Å². The summed E-state index contributed by atoms with van der Waals surface area (Å²) in [5.41, 5.74) is 6.55.